The van der Waals surface area contributed by atoms with Gasteiger partial charge in [-0.3, -0.25) is 5.32 Å². The third-order valence-electron chi connectivity index (χ3n) is 4.21. The molecule has 0 bridgehead atoms. The first-order valence-electron chi connectivity index (χ1n) is 8.89. The molecule has 9 heteroatoms. The van der Waals surface area contributed by atoms with Gasteiger partial charge in [0.05, 0.1) is 25.5 Å². The molecule has 1 amide bonds. The number of anilines is 1. The molecule has 0 spiro atoms. The fraction of sp³-hybridized carbons (Fsp3) is 0.300. The minimum absolute atomic E-state index is 0.186. The van der Waals surface area contributed by atoms with Gasteiger partial charge in [0.25, 0.3) is 0 Å². The number of methoxy groups -OCH3 is 2. The zero-order valence-electron chi connectivity index (χ0n) is 16.2. The molecule has 2 aliphatic rings. The lowest BCUT2D eigenvalue weighted by Gasteiger charge is -2.22. The highest BCUT2D eigenvalue weighted by Gasteiger charge is 2.21. The lowest BCUT2D eigenvalue weighted by Crippen LogP contribution is -2.25. The second-order valence-electron chi connectivity index (χ2n) is 6.20. The van der Waals surface area contributed by atoms with Gasteiger partial charge in [0.2, 0.25) is 5.90 Å². The fourth-order valence-corrected chi connectivity index (χ4v) is 2.97. The Kier molecular flexibility index (Phi) is 7.02. The van der Waals surface area contributed by atoms with Gasteiger partial charge < -0.3 is 24.3 Å². The lowest BCUT2D eigenvalue weighted by atomic mass is 10.1. The van der Waals surface area contributed by atoms with Crippen molar-refractivity contribution < 1.29 is 23.7 Å². The van der Waals surface area contributed by atoms with Gasteiger partial charge in [-0.1, -0.05) is 6.58 Å². The van der Waals surface area contributed by atoms with E-state index in [1.165, 1.54) is 0 Å². The maximum Gasteiger partial charge on any atom is 0.411 e. The molecule has 0 atom stereocenters. The number of hydrogen-bond acceptors (Lipinski definition) is 7. The lowest BCUT2D eigenvalue weighted by molar-refractivity contribution is 0.160. The third-order valence-corrected chi connectivity index (χ3v) is 4.52. The highest BCUT2D eigenvalue weighted by Crippen LogP contribution is 2.35. The van der Waals surface area contributed by atoms with Gasteiger partial charge in [0.1, 0.15) is 19.0 Å². The topological polar surface area (TPSA) is 90.4 Å². The molecule has 0 saturated carbocycles. The van der Waals surface area contributed by atoms with E-state index in [9.17, 15) is 4.79 Å². The number of nitrogens with one attached hydrogen (secondary N) is 2. The van der Waals surface area contributed by atoms with Crippen molar-refractivity contribution in [3.63, 3.8) is 0 Å². The molecule has 1 aromatic rings. The molecule has 0 saturated heterocycles. The highest BCUT2D eigenvalue weighted by molar-refractivity contribution is 14.1. The highest BCUT2D eigenvalue weighted by atomic mass is 127. The number of alkyl carbamates (subject to hydrolysis) is 1. The second-order valence-corrected chi connectivity index (χ2v) is 7.72. The van der Waals surface area contributed by atoms with Gasteiger partial charge in [0.15, 0.2) is 11.5 Å². The summed E-state index contributed by atoms with van der Waals surface area (Å²) in [5.74, 6) is 2.50. The molecule has 2 N–H and O–H groups in total. The monoisotopic (exact) mass is 511 g/mol. The molecular formula is C20H22IN3O5. The Morgan fingerprint density at radius 1 is 1.24 bits per heavy atom. The number of aliphatic imine (C=N–C) groups is 1. The van der Waals surface area contributed by atoms with Gasteiger partial charge in [-0.15, -0.1) is 0 Å². The quantitative estimate of drug-likeness (QED) is 0.560. The van der Waals surface area contributed by atoms with Crippen LogP contribution in [0.15, 0.2) is 50.9 Å². The molecule has 0 radical (unpaired) electrons. The molecule has 29 heavy (non-hydrogen) atoms. The number of carbonyl (C=O) groups excluding carboxylic acids is 1. The largest absolute Gasteiger partial charge is 0.493 e. The van der Waals surface area contributed by atoms with Crippen LogP contribution in [0.25, 0.3) is 0 Å². The SMILES string of the molecule is C=C(I)COC(=O)NC1=CC=C(OC2=NCNc3cc(OC)c(OC)cc32)CC1. The first-order valence-corrected chi connectivity index (χ1v) is 9.97. The normalized spacial score (nSPS) is 14.9. The number of fused-ring (bicyclic) bond motifs is 1. The van der Waals surface area contributed by atoms with Crippen LogP contribution in [0.4, 0.5) is 10.5 Å². The van der Waals surface area contributed by atoms with Crippen molar-refractivity contribution in [1.82, 2.24) is 5.32 Å². The maximum atomic E-state index is 11.7. The zero-order valence-corrected chi connectivity index (χ0v) is 18.4. The Bertz CT molecular complexity index is 908. The molecule has 1 aromatic carbocycles. The van der Waals surface area contributed by atoms with Crippen LogP contribution in [0, 0.1) is 0 Å². The maximum absolute atomic E-state index is 11.7. The Balaban J connectivity index is 1.68. The molecule has 8 nitrogen and oxygen atoms in total. The summed E-state index contributed by atoms with van der Waals surface area (Å²) < 4.78 is 22.6. The number of benzene rings is 1. The van der Waals surface area contributed by atoms with Crippen LogP contribution in [0.1, 0.15) is 18.4 Å². The number of nitrogens with zero attached hydrogens (tertiary/aromatic N) is 1. The average Bonchev–Trinajstić information content (AvgIpc) is 2.73. The van der Waals surface area contributed by atoms with Crippen molar-refractivity contribution in [1.29, 1.82) is 0 Å². The van der Waals surface area contributed by atoms with Crippen LogP contribution < -0.4 is 20.1 Å². The van der Waals surface area contributed by atoms with Crippen molar-refractivity contribution in [2.24, 2.45) is 4.99 Å². The zero-order chi connectivity index (χ0) is 20.8. The summed E-state index contributed by atoms with van der Waals surface area (Å²) in [6, 6.07) is 3.70. The minimum atomic E-state index is -0.496. The van der Waals surface area contributed by atoms with E-state index in [4.69, 9.17) is 18.9 Å². The van der Waals surface area contributed by atoms with Gasteiger partial charge in [-0.2, -0.15) is 0 Å². The number of carbonyl (C=O) groups is 1. The summed E-state index contributed by atoms with van der Waals surface area (Å²) >= 11 is 2.01. The van der Waals surface area contributed by atoms with E-state index < -0.39 is 6.09 Å². The predicted molar refractivity (Wildman–Crippen MR) is 119 cm³/mol. The number of halogens is 1. The van der Waals surface area contributed by atoms with Gasteiger partial charge in [-0.05, 0) is 47.2 Å². The second kappa shape index (κ2) is 9.68. The van der Waals surface area contributed by atoms with E-state index in [1.54, 1.807) is 20.3 Å². The molecule has 1 aliphatic carbocycles. The summed E-state index contributed by atoms with van der Waals surface area (Å²) in [7, 11) is 3.18. The summed E-state index contributed by atoms with van der Waals surface area (Å²) in [5.41, 5.74) is 2.42. The van der Waals surface area contributed by atoms with Crippen molar-refractivity contribution in [2.45, 2.75) is 12.8 Å². The summed E-state index contributed by atoms with van der Waals surface area (Å²) in [5, 5.41) is 5.93. The first kappa shape index (κ1) is 21.0. The van der Waals surface area contributed by atoms with E-state index in [0.29, 0.717) is 36.9 Å². The molecule has 0 unspecified atom stereocenters. The summed E-state index contributed by atoms with van der Waals surface area (Å²) in [4.78, 5) is 16.2. The summed E-state index contributed by atoms with van der Waals surface area (Å²) in [6.07, 6.45) is 4.37. The Labute approximate surface area is 182 Å². The van der Waals surface area contributed by atoms with Crippen LogP contribution in [0.5, 0.6) is 11.5 Å². The van der Waals surface area contributed by atoms with Gasteiger partial charge in [-0.25, -0.2) is 9.79 Å². The summed E-state index contributed by atoms with van der Waals surface area (Å²) in [6.45, 7) is 4.28. The van der Waals surface area contributed by atoms with Crippen LogP contribution in [-0.4, -0.2) is 39.5 Å². The van der Waals surface area contributed by atoms with Crippen LogP contribution in [0.3, 0.4) is 0 Å². The van der Waals surface area contributed by atoms with E-state index in [-0.39, 0.29) is 6.61 Å². The smallest absolute Gasteiger partial charge is 0.411 e. The Morgan fingerprint density at radius 2 is 2.00 bits per heavy atom. The average molecular weight is 511 g/mol. The number of allylic oxidation sites excluding steroid dienone is 4. The first-order chi connectivity index (χ1) is 14.0. The Hall–Kier alpha value is -2.69. The number of hydrogen-bond donors (Lipinski definition) is 2. The molecule has 1 heterocycles. The van der Waals surface area contributed by atoms with E-state index in [2.05, 4.69) is 22.2 Å². The number of amides is 1. The molecule has 3 rings (SSSR count). The molecule has 154 valence electrons. The van der Waals surface area contributed by atoms with E-state index in [0.717, 1.165) is 26.3 Å². The fourth-order valence-electron chi connectivity index (χ4n) is 2.81. The van der Waals surface area contributed by atoms with Crippen molar-refractivity contribution >= 4 is 40.3 Å². The minimum Gasteiger partial charge on any atom is -0.493 e. The van der Waals surface area contributed by atoms with Gasteiger partial charge >= 0.3 is 6.09 Å². The van der Waals surface area contributed by atoms with Crippen LogP contribution >= 0.6 is 22.6 Å². The van der Waals surface area contributed by atoms with Gasteiger partial charge in [0, 0.05) is 21.8 Å². The molecule has 0 aromatic heterocycles. The molecular weight excluding hydrogens is 489 g/mol. The number of ether oxygens (including phenoxy) is 4. The van der Waals surface area contributed by atoms with Crippen molar-refractivity contribution in [2.75, 3.05) is 32.8 Å². The number of rotatable bonds is 6. The molecule has 0 fully saturated rings. The Morgan fingerprint density at radius 3 is 2.66 bits per heavy atom. The van der Waals surface area contributed by atoms with Crippen LogP contribution in [0.2, 0.25) is 0 Å². The molecule has 1 aliphatic heterocycles. The van der Waals surface area contributed by atoms with Crippen LogP contribution in [-0.2, 0) is 9.47 Å². The third kappa shape index (κ3) is 5.43. The van der Waals surface area contributed by atoms with Crippen molar-refractivity contribution in [3.8, 4) is 11.5 Å². The van der Waals surface area contributed by atoms with Crippen molar-refractivity contribution in [3.05, 3.63) is 51.5 Å². The van der Waals surface area contributed by atoms with E-state index in [1.807, 2.05) is 40.8 Å². The standard InChI is InChI=1S/C20H22IN3O5/c1-12(21)10-28-20(25)24-13-4-6-14(7-5-13)29-19-15-8-17(26-2)18(27-3)9-16(15)22-11-23-19/h4,6,8-9,22H,1,5,7,10-11H2,2-3H3,(H,24,25). The predicted octanol–water partition coefficient (Wildman–Crippen LogP) is 4.09. The van der Waals surface area contributed by atoms with E-state index >= 15 is 0 Å².